The summed E-state index contributed by atoms with van der Waals surface area (Å²) in [6.45, 7) is 0.435. The van der Waals surface area contributed by atoms with E-state index in [4.69, 9.17) is 0 Å². The summed E-state index contributed by atoms with van der Waals surface area (Å²) in [5.74, 6) is -2.41. The molecule has 0 aliphatic rings. The summed E-state index contributed by atoms with van der Waals surface area (Å²) < 4.78 is 28.3. The number of unbranched alkanes of at least 4 members (excludes halogenated alkanes) is 2. The maximum absolute atomic E-state index is 13.5. The highest BCUT2D eigenvalue weighted by molar-refractivity contribution is 14.1. The molecule has 6 heteroatoms. The van der Waals surface area contributed by atoms with Crippen LogP contribution in [0.2, 0.25) is 0 Å². The lowest BCUT2D eigenvalue weighted by Gasteiger charge is -2.07. The van der Waals surface area contributed by atoms with E-state index in [2.05, 4.69) is 43.8 Å². The lowest BCUT2D eigenvalue weighted by Crippen LogP contribution is -2.26. The van der Waals surface area contributed by atoms with E-state index in [0.717, 1.165) is 35.8 Å². The lowest BCUT2D eigenvalue weighted by atomic mass is 10.2. The van der Waals surface area contributed by atoms with Crippen molar-refractivity contribution >= 4 is 44.4 Å². The third-order valence-electron chi connectivity index (χ3n) is 2.33. The van der Waals surface area contributed by atoms with Gasteiger partial charge in [-0.05, 0) is 29.4 Å². The molecule has 0 aliphatic heterocycles. The number of hydrogen-bond donors (Lipinski definition) is 1. The van der Waals surface area contributed by atoms with Crippen LogP contribution in [0.15, 0.2) is 16.6 Å². The molecule has 1 aromatic rings. The van der Waals surface area contributed by atoms with Gasteiger partial charge < -0.3 is 5.32 Å². The van der Waals surface area contributed by atoms with Crippen LogP contribution >= 0.6 is 38.5 Å². The number of benzene rings is 1. The Bertz CT molecular complexity index is 406. The maximum atomic E-state index is 13.5. The highest BCUT2D eigenvalue weighted by Crippen LogP contribution is 2.19. The van der Waals surface area contributed by atoms with E-state index in [1.165, 1.54) is 0 Å². The molecule has 1 rings (SSSR count). The summed E-state index contributed by atoms with van der Waals surface area (Å²) in [6.07, 6.45) is 2.89. The van der Waals surface area contributed by atoms with Crippen molar-refractivity contribution in [1.82, 2.24) is 5.32 Å². The Hall–Kier alpha value is -0.240. The topological polar surface area (TPSA) is 29.1 Å². The summed E-state index contributed by atoms with van der Waals surface area (Å²) in [5.41, 5.74) is -0.521. The summed E-state index contributed by atoms with van der Waals surface area (Å²) in [6, 6.07) is 2.15. The molecule has 1 N–H and O–H groups in total. The molecule has 0 unspecified atom stereocenters. The van der Waals surface area contributed by atoms with Gasteiger partial charge in [0.2, 0.25) is 0 Å². The molecule has 18 heavy (non-hydrogen) atoms. The molecule has 0 aliphatic carbocycles. The highest BCUT2D eigenvalue weighted by Gasteiger charge is 2.17. The molecule has 1 aromatic carbocycles. The van der Waals surface area contributed by atoms with Gasteiger partial charge in [0.25, 0.3) is 5.91 Å². The Balaban J connectivity index is 2.57. The van der Waals surface area contributed by atoms with E-state index < -0.39 is 23.1 Å². The molecule has 0 spiro atoms. The second-order valence-electron chi connectivity index (χ2n) is 3.75. The van der Waals surface area contributed by atoms with Gasteiger partial charge >= 0.3 is 0 Å². The van der Waals surface area contributed by atoms with Gasteiger partial charge in [-0.25, -0.2) is 8.78 Å². The fourth-order valence-corrected chi connectivity index (χ4v) is 2.39. The van der Waals surface area contributed by atoms with Crippen LogP contribution in [-0.4, -0.2) is 16.9 Å². The zero-order chi connectivity index (χ0) is 13.5. The minimum Gasteiger partial charge on any atom is -0.352 e. The number of hydrogen-bond acceptors (Lipinski definition) is 1. The SMILES string of the molecule is O=C(NCCCCCI)c1c(F)cc(Br)cc1F. The normalized spacial score (nSPS) is 10.4. The number of halogens is 4. The predicted molar refractivity (Wildman–Crippen MR) is 79.1 cm³/mol. The number of alkyl halides is 1. The average Bonchev–Trinajstić information content (AvgIpc) is 2.27. The lowest BCUT2D eigenvalue weighted by molar-refractivity contribution is 0.0944. The molecular weight excluding hydrogens is 419 g/mol. The minimum atomic E-state index is -0.855. The zero-order valence-corrected chi connectivity index (χ0v) is 13.4. The van der Waals surface area contributed by atoms with Crippen molar-refractivity contribution in [2.24, 2.45) is 0 Å². The summed E-state index contributed by atoms with van der Waals surface area (Å²) >= 11 is 5.25. The van der Waals surface area contributed by atoms with E-state index in [9.17, 15) is 13.6 Å². The van der Waals surface area contributed by atoms with Crippen LogP contribution in [0.3, 0.4) is 0 Å². The van der Waals surface area contributed by atoms with Gasteiger partial charge in [-0.15, -0.1) is 0 Å². The van der Waals surface area contributed by atoms with Gasteiger partial charge in [0.1, 0.15) is 17.2 Å². The first-order valence-electron chi connectivity index (χ1n) is 5.55. The van der Waals surface area contributed by atoms with Gasteiger partial charge in [-0.2, -0.15) is 0 Å². The molecular formula is C12H13BrF2INO. The van der Waals surface area contributed by atoms with Crippen molar-refractivity contribution in [3.8, 4) is 0 Å². The fraction of sp³-hybridized carbons (Fsp3) is 0.417. The monoisotopic (exact) mass is 431 g/mol. The van der Waals surface area contributed by atoms with E-state index in [0.29, 0.717) is 6.54 Å². The number of rotatable bonds is 6. The molecule has 0 bridgehead atoms. The molecule has 0 saturated heterocycles. The Labute approximate surface area is 127 Å². The third-order valence-corrected chi connectivity index (χ3v) is 3.55. The Morgan fingerprint density at radius 2 is 1.83 bits per heavy atom. The Morgan fingerprint density at radius 1 is 1.22 bits per heavy atom. The van der Waals surface area contributed by atoms with E-state index in [-0.39, 0.29) is 4.47 Å². The van der Waals surface area contributed by atoms with Gasteiger partial charge in [-0.1, -0.05) is 44.9 Å². The highest BCUT2D eigenvalue weighted by atomic mass is 127. The maximum Gasteiger partial charge on any atom is 0.257 e. The van der Waals surface area contributed by atoms with Crippen molar-refractivity contribution < 1.29 is 13.6 Å². The van der Waals surface area contributed by atoms with Crippen molar-refractivity contribution in [3.05, 3.63) is 33.8 Å². The second-order valence-corrected chi connectivity index (χ2v) is 5.74. The first-order valence-corrected chi connectivity index (χ1v) is 7.87. The standard InChI is InChI=1S/C12H13BrF2INO/c13-8-6-9(14)11(10(15)7-8)12(18)17-5-3-1-2-4-16/h6-7H,1-5H2,(H,17,18). The molecule has 100 valence electrons. The first-order chi connectivity index (χ1) is 8.56. The van der Waals surface area contributed by atoms with Gasteiger partial charge in [-0.3, -0.25) is 4.79 Å². The van der Waals surface area contributed by atoms with Crippen LogP contribution in [0.5, 0.6) is 0 Å². The molecule has 0 heterocycles. The predicted octanol–water partition coefficient (Wildman–Crippen LogP) is 4.06. The van der Waals surface area contributed by atoms with Gasteiger partial charge in [0.05, 0.1) is 0 Å². The number of carbonyl (C=O) groups is 1. The number of carbonyl (C=O) groups excluding carboxylic acids is 1. The van der Waals surface area contributed by atoms with Crippen LogP contribution in [-0.2, 0) is 0 Å². The van der Waals surface area contributed by atoms with Crippen molar-refractivity contribution in [1.29, 1.82) is 0 Å². The first kappa shape index (κ1) is 15.8. The van der Waals surface area contributed by atoms with Crippen molar-refractivity contribution in [2.75, 3.05) is 11.0 Å². The summed E-state index contributed by atoms with van der Waals surface area (Å²) in [4.78, 5) is 11.6. The van der Waals surface area contributed by atoms with Crippen LogP contribution in [0.1, 0.15) is 29.6 Å². The molecule has 0 saturated carbocycles. The third kappa shape index (κ3) is 4.79. The summed E-state index contributed by atoms with van der Waals surface area (Å²) in [7, 11) is 0. The van der Waals surface area contributed by atoms with E-state index in [1.54, 1.807) is 0 Å². The van der Waals surface area contributed by atoms with Gasteiger partial charge in [0, 0.05) is 11.0 Å². The number of amides is 1. The molecule has 1 amide bonds. The van der Waals surface area contributed by atoms with E-state index in [1.807, 2.05) is 0 Å². The average molecular weight is 432 g/mol. The van der Waals surface area contributed by atoms with Crippen LogP contribution in [0, 0.1) is 11.6 Å². The Kier molecular flexibility index (Phi) is 7.06. The molecule has 0 atom stereocenters. The zero-order valence-electron chi connectivity index (χ0n) is 9.61. The summed E-state index contributed by atoms with van der Waals surface area (Å²) in [5, 5.41) is 2.52. The molecule has 0 radical (unpaired) electrons. The number of nitrogens with one attached hydrogen (secondary N) is 1. The fourth-order valence-electron chi connectivity index (χ4n) is 1.45. The van der Waals surface area contributed by atoms with Gasteiger partial charge in [0.15, 0.2) is 0 Å². The van der Waals surface area contributed by atoms with Crippen LogP contribution < -0.4 is 5.32 Å². The Morgan fingerprint density at radius 3 is 2.39 bits per heavy atom. The molecule has 0 aromatic heterocycles. The van der Waals surface area contributed by atoms with Crippen LogP contribution in [0.25, 0.3) is 0 Å². The molecule has 0 fully saturated rings. The smallest absolute Gasteiger partial charge is 0.257 e. The van der Waals surface area contributed by atoms with E-state index >= 15 is 0 Å². The second kappa shape index (κ2) is 8.04. The molecule has 2 nitrogen and oxygen atoms in total. The van der Waals surface area contributed by atoms with Crippen LogP contribution in [0.4, 0.5) is 8.78 Å². The largest absolute Gasteiger partial charge is 0.352 e. The minimum absolute atomic E-state index is 0.274. The quantitative estimate of drug-likeness (QED) is 0.410. The van der Waals surface area contributed by atoms with Crippen molar-refractivity contribution in [2.45, 2.75) is 19.3 Å². The van der Waals surface area contributed by atoms with Crippen molar-refractivity contribution in [3.63, 3.8) is 0 Å².